The highest BCUT2D eigenvalue weighted by Crippen LogP contribution is 2.35. The lowest BCUT2D eigenvalue weighted by atomic mass is 9.80. The van der Waals surface area contributed by atoms with Crippen LogP contribution in [0.15, 0.2) is 18.2 Å². The number of methoxy groups -OCH3 is 1. The number of hydrogen-bond acceptors (Lipinski definition) is 2. The van der Waals surface area contributed by atoms with Crippen LogP contribution in [0.1, 0.15) is 50.7 Å². The van der Waals surface area contributed by atoms with Gasteiger partial charge in [-0.3, -0.25) is 0 Å². The SMILES string of the molecule is CCC(C)(C)c1ccc(OC)c(C2CCNC2)c1. The highest BCUT2D eigenvalue weighted by molar-refractivity contribution is 5.42. The van der Waals surface area contributed by atoms with Gasteiger partial charge >= 0.3 is 0 Å². The summed E-state index contributed by atoms with van der Waals surface area (Å²) in [5, 5.41) is 3.44. The zero-order valence-electron chi connectivity index (χ0n) is 12.0. The lowest BCUT2D eigenvalue weighted by Gasteiger charge is -2.25. The van der Waals surface area contributed by atoms with Crippen molar-refractivity contribution in [3.8, 4) is 5.75 Å². The summed E-state index contributed by atoms with van der Waals surface area (Å²) in [5.74, 6) is 1.65. The van der Waals surface area contributed by atoms with E-state index < -0.39 is 0 Å². The molecule has 1 aromatic carbocycles. The molecule has 18 heavy (non-hydrogen) atoms. The third kappa shape index (κ3) is 2.54. The molecule has 1 fully saturated rings. The summed E-state index contributed by atoms with van der Waals surface area (Å²) in [5.41, 5.74) is 3.04. The Hall–Kier alpha value is -1.02. The zero-order valence-corrected chi connectivity index (χ0v) is 12.0. The van der Waals surface area contributed by atoms with Crippen LogP contribution in [0.4, 0.5) is 0 Å². The van der Waals surface area contributed by atoms with Crippen LogP contribution in [0, 0.1) is 0 Å². The second-order valence-corrected chi connectivity index (χ2v) is 5.88. The topological polar surface area (TPSA) is 21.3 Å². The Bertz CT molecular complexity index is 406. The molecule has 0 spiro atoms. The van der Waals surface area contributed by atoms with Crippen LogP contribution in [0.25, 0.3) is 0 Å². The molecule has 0 radical (unpaired) electrons. The van der Waals surface area contributed by atoms with Gasteiger partial charge in [-0.05, 0) is 42.0 Å². The first kappa shape index (κ1) is 13.4. The van der Waals surface area contributed by atoms with Crippen molar-refractivity contribution < 1.29 is 4.74 Å². The first-order chi connectivity index (χ1) is 8.58. The molecular weight excluding hydrogens is 222 g/mol. The summed E-state index contributed by atoms with van der Waals surface area (Å²) in [6, 6.07) is 6.72. The second kappa shape index (κ2) is 5.31. The Labute approximate surface area is 111 Å². The predicted octanol–water partition coefficient (Wildman–Crippen LogP) is 3.46. The molecule has 2 nitrogen and oxygen atoms in total. The van der Waals surface area contributed by atoms with Gasteiger partial charge in [0.2, 0.25) is 0 Å². The molecule has 1 N–H and O–H groups in total. The molecule has 0 aromatic heterocycles. The van der Waals surface area contributed by atoms with E-state index in [1.54, 1.807) is 7.11 Å². The molecule has 1 unspecified atom stereocenters. The van der Waals surface area contributed by atoms with Crippen molar-refractivity contribution in [2.45, 2.75) is 44.9 Å². The molecule has 2 heteroatoms. The van der Waals surface area contributed by atoms with Gasteiger partial charge in [-0.2, -0.15) is 0 Å². The molecule has 100 valence electrons. The molecule has 1 aromatic rings. The minimum Gasteiger partial charge on any atom is -0.496 e. The van der Waals surface area contributed by atoms with E-state index in [9.17, 15) is 0 Å². The van der Waals surface area contributed by atoms with Gasteiger partial charge < -0.3 is 10.1 Å². The van der Waals surface area contributed by atoms with Crippen molar-refractivity contribution >= 4 is 0 Å². The molecule has 0 amide bonds. The van der Waals surface area contributed by atoms with Gasteiger partial charge in [0, 0.05) is 12.5 Å². The predicted molar refractivity (Wildman–Crippen MR) is 76.5 cm³/mol. The van der Waals surface area contributed by atoms with Gasteiger partial charge in [0.1, 0.15) is 5.75 Å². The zero-order chi connectivity index (χ0) is 13.2. The molecular formula is C16H25NO. The fourth-order valence-electron chi connectivity index (χ4n) is 2.60. The second-order valence-electron chi connectivity index (χ2n) is 5.88. The summed E-state index contributed by atoms with van der Waals surface area (Å²) < 4.78 is 5.53. The maximum atomic E-state index is 5.53. The van der Waals surface area contributed by atoms with Crippen LogP contribution >= 0.6 is 0 Å². The highest BCUT2D eigenvalue weighted by atomic mass is 16.5. The number of ether oxygens (including phenoxy) is 1. The first-order valence-electron chi connectivity index (χ1n) is 6.97. The van der Waals surface area contributed by atoms with E-state index in [1.807, 2.05) is 0 Å². The lowest BCUT2D eigenvalue weighted by molar-refractivity contribution is 0.405. The van der Waals surface area contributed by atoms with Crippen LogP contribution < -0.4 is 10.1 Å². The quantitative estimate of drug-likeness (QED) is 0.879. The van der Waals surface area contributed by atoms with Crippen LogP contribution in [0.3, 0.4) is 0 Å². The largest absolute Gasteiger partial charge is 0.496 e. The number of benzene rings is 1. The smallest absolute Gasteiger partial charge is 0.122 e. The maximum Gasteiger partial charge on any atom is 0.122 e. The third-order valence-corrected chi connectivity index (χ3v) is 4.40. The number of rotatable bonds is 4. The molecule has 0 bridgehead atoms. The molecule has 1 aliphatic heterocycles. The number of hydrogen-bond donors (Lipinski definition) is 1. The first-order valence-corrected chi connectivity index (χ1v) is 6.97. The summed E-state index contributed by atoms with van der Waals surface area (Å²) in [6.45, 7) is 9.07. The van der Waals surface area contributed by atoms with Crippen molar-refractivity contribution in [1.29, 1.82) is 0 Å². The van der Waals surface area contributed by atoms with Crippen LogP contribution in [0.2, 0.25) is 0 Å². The van der Waals surface area contributed by atoms with Crippen molar-refractivity contribution in [3.63, 3.8) is 0 Å². The van der Waals surface area contributed by atoms with E-state index in [0.29, 0.717) is 5.92 Å². The Morgan fingerprint density at radius 2 is 2.17 bits per heavy atom. The monoisotopic (exact) mass is 247 g/mol. The average Bonchev–Trinajstić information content (AvgIpc) is 2.91. The lowest BCUT2D eigenvalue weighted by Crippen LogP contribution is -2.16. The minimum atomic E-state index is 0.243. The molecule has 1 atom stereocenters. The molecule has 1 heterocycles. The van der Waals surface area contributed by atoms with E-state index >= 15 is 0 Å². The molecule has 1 aliphatic rings. The highest BCUT2D eigenvalue weighted by Gasteiger charge is 2.24. The fourth-order valence-corrected chi connectivity index (χ4v) is 2.60. The van der Waals surface area contributed by atoms with Gasteiger partial charge in [-0.15, -0.1) is 0 Å². The molecule has 0 saturated carbocycles. The van der Waals surface area contributed by atoms with Crippen molar-refractivity contribution in [3.05, 3.63) is 29.3 Å². The third-order valence-electron chi connectivity index (χ3n) is 4.40. The van der Waals surface area contributed by atoms with E-state index in [0.717, 1.165) is 25.3 Å². The van der Waals surface area contributed by atoms with Crippen LogP contribution in [0.5, 0.6) is 5.75 Å². The Morgan fingerprint density at radius 3 is 2.72 bits per heavy atom. The summed E-state index contributed by atoms with van der Waals surface area (Å²) >= 11 is 0. The minimum absolute atomic E-state index is 0.243. The van der Waals surface area contributed by atoms with Gasteiger partial charge in [0.15, 0.2) is 0 Å². The van der Waals surface area contributed by atoms with E-state index in [-0.39, 0.29) is 5.41 Å². The van der Waals surface area contributed by atoms with Crippen LogP contribution in [-0.2, 0) is 5.41 Å². The summed E-state index contributed by atoms with van der Waals surface area (Å²) in [4.78, 5) is 0. The number of nitrogens with one attached hydrogen (secondary N) is 1. The van der Waals surface area contributed by atoms with Gasteiger partial charge in [0.05, 0.1) is 7.11 Å². The standard InChI is InChI=1S/C16H25NO/c1-5-16(2,3)13-6-7-15(18-4)14(10-13)12-8-9-17-11-12/h6-7,10,12,17H,5,8-9,11H2,1-4H3. The Morgan fingerprint density at radius 1 is 1.39 bits per heavy atom. The average molecular weight is 247 g/mol. The molecule has 1 saturated heterocycles. The molecule has 0 aliphatic carbocycles. The van der Waals surface area contributed by atoms with Gasteiger partial charge in [-0.25, -0.2) is 0 Å². The summed E-state index contributed by atoms with van der Waals surface area (Å²) in [6.07, 6.45) is 2.37. The van der Waals surface area contributed by atoms with Crippen LogP contribution in [-0.4, -0.2) is 20.2 Å². The Balaban J connectivity index is 2.38. The normalized spacial score (nSPS) is 20.1. The van der Waals surface area contributed by atoms with Gasteiger partial charge in [0.25, 0.3) is 0 Å². The fraction of sp³-hybridized carbons (Fsp3) is 0.625. The summed E-state index contributed by atoms with van der Waals surface area (Å²) in [7, 11) is 1.77. The molecule has 2 rings (SSSR count). The van der Waals surface area contributed by atoms with Crippen molar-refractivity contribution in [1.82, 2.24) is 5.32 Å². The van der Waals surface area contributed by atoms with E-state index in [4.69, 9.17) is 4.74 Å². The maximum absolute atomic E-state index is 5.53. The van der Waals surface area contributed by atoms with Crippen molar-refractivity contribution in [2.24, 2.45) is 0 Å². The van der Waals surface area contributed by atoms with Gasteiger partial charge in [-0.1, -0.05) is 32.9 Å². The van der Waals surface area contributed by atoms with E-state index in [1.165, 1.54) is 17.5 Å². The van der Waals surface area contributed by atoms with Crippen molar-refractivity contribution in [2.75, 3.05) is 20.2 Å². The Kier molecular flexibility index (Phi) is 3.96. The van der Waals surface area contributed by atoms with E-state index in [2.05, 4.69) is 44.3 Å².